The lowest BCUT2D eigenvalue weighted by atomic mass is 10.1. The fraction of sp³-hybridized carbons (Fsp3) is 0.471. The third-order valence-corrected chi connectivity index (χ3v) is 4.04. The fourth-order valence-corrected chi connectivity index (χ4v) is 2.57. The van der Waals surface area contributed by atoms with Crippen molar-refractivity contribution in [3.63, 3.8) is 0 Å². The van der Waals surface area contributed by atoms with E-state index in [1.54, 1.807) is 28.9 Å². The van der Waals surface area contributed by atoms with E-state index in [9.17, 15) is 14.4 Å². The number of benzene rings is 1. The fourth-order valence-electron chi connectivity index (χ4n) is 2.57. The molecule has 2 amide bonds. The molecule has 0 aliphatic carbocycles. The predicted molar refractivity (Wildman–Crippen MR) is 88.4 cm³/mol. The smallest absolute Gasteiger partial charge is 0.224 e. The molecule has 0 saturated carbocycles. The largest absolute Gasteiger partial charge is 0.385 e. The highest BCUT2D eigenvalue weighted by Crippen LogP contribution is 2.10. The van der Waals surface area contributed by atoms with E-state index in [1.165, 1.54) is 6.92 Å². The van der Waals surface area contributed by atoms with Gasteiger partial charge in [0.2, 0.25) is 11.8 Å². The number of carbonyl (C=O) groups is 3. The highest BCUT2D eigenvalue weighted by molar-refractivity contribution is 5.94. The lowest BCUT2D eigenvalue weighted by molar-refractivity contribution is -0.138. The van der Waals surface area contributed by atoms with Gasteiger partial charge in [-0.3, -0.25) is 14.4 Å². The van der Waals surface area contributed by atoms with Gasteiger partial charge >= 0.3 is 0 Å². The van der Waals surface area contributed by atoms with Crippen LogP contribution >= 0.6 is 0 Å². The highest BCUT2D eigenvalue weighted by atomic mass is 16.2. The van der Waals surface area contributed by atoms with Gasteiger partial charge in [-0.25, -0.2) is 0 Å². The van der Waals surface area contributed by atoms with Crippen molar-refractivity contribution in [2.24, 2.45) is 0 Å². The van der Waals surface area contributed by atoms with Crippen molar-refractivity contribution in [2.45, 2.75) is 20.3 Å². The van der Waals surface area contributed by atoms with Crippen LogP contribution in [0.5, 0.6) is 0 Å². The number of carbonyl (C=O) groups excluding carboxylic acids is 3. The molecule has 0 radical (unpaired) electrons. The first-order chi connectivity index (χ1) is 11.0. The van der Waals surface area contributed by atoms with Gasteiger partial charge in [-0.15, -0.1) is 0 Å². The number of hydrogen-bond acceptors (Lipinski definition) is 4. The molecule has 1 N–H and O–H groups in total. The number of amides is 2. The summed E-state index contributed by atoms with van der Waals surface area (Å²) in [7, 11) is 0. The summed E-state index contributed by atoms with van der Waals surface area (Å²) in [5, 5.41) is 3.18. The Balaban J connectivity index is 1.73. The molecule has 1 aliphatic heterocycles. The molecule has 0 unspecified atom stereocenters. The van der Waals surface area contributed by atoms with Crippen molar-refractivity contribution in [1.82, 2.24) is 9.80 Å². The normalized spacial score (nSPS) is 14.5. The third-order valence-electron chi connectivity index (χ3n) is 4.04. The molecule has 1 saturated heterocycles. The van der Waals surface area contributed by atoms with Gasteiger partial charge in [0.1, 0.15) is 0 Å². The molecule has 124 valence electrons. The lowest BCUT2D eigenvalue weighted by Gasteiger charge is -2.34. The van der Waals surface area contributed by atoms with Gasteiger partial charge in [0.15, 0.2) is 5.78 Å². The molecule has 1 aromatic carbocycles. The highest BCUT2D eigenvalue weighted by Gasteiger charge is 2.21. The molecule has 1 aromatic rings. The van der Waals surface area contributed by atoms with E-state index in [2.05, 4.69) is 5.32 Å². The van der Waals surface area contributed by atoms with Crippen molar-refractivity contribution >= 4 is 23.3 Å². The minimum Gasteiger partial charge on any atom is -0.385 e. The van der Waals surface area contributed by atoms with Crippen molar-refractivity contribution < 1.29 is 14.4 Å². The van der Waals surface area contributed by atoms with Crippen molar-refractivity contribution in [3.8, 4) is 0 Å². The van der Waals surface area contributed by atoms with E-state index in [4.69, 9.17) is 0 Å². The molecule has 1 heterocycles. The van der Waals surface area contributed by atoms with E-state index in [-0.39, 0.29) is 17.6 Å². The molecule has 0 aromatic heterocycles. The number of Topliss-reactive ketones (excluding diaryl/α,β-unsaturated/α-hetero) is 1. The molecular formula is C17H23N3O3. The number of nitrogens with one attached hydrogen (secondary N) is 1. The number of anilines is 1. The van der Waals surface area contributed by atoms with Crippen LogP contribution in [0.4, 0.5) is 5.69 Å². The Morgan fingerprint density at radius 3 is 2.04 bits per heavy atom. The molecule has 6 heteroatoms. The zero-order valence-electron chi connectivity index (χ0n) is 13.7. The number of piperazine rings is 1. The SMILES string of the molecule is CC(=O)c1ccc(NCCC(=O)N2CCN(C(C)=O)CC2)cc1. The number of hydrogen-bond donors (Lipinski definition) is 1. The number of nitrogens with zero attached hydrogens (tertiary/aromatic N) is 2. The summed E-state index contributed by atoms with van der Waals surface area (Å²) >= 11 is 0. The summed E-state index contributed by atoms with van der Waals surface area (Å²) in [4.78, 5) is 38.2. The van der Waals surface area contributed by atoms with Gasteiger partial charge in [-0.2, -0.15) is 0 Å². The van der Waals surface area contributed by atoms with Crippen LogP contribution in [0.3, 0.4) is 0 Å². The maximum absolute atomic E-state index is 12.1. The Morgan fingerprint density at radius 1 is 0.957 bits per heavy atom. The van der Waals surface area contributed by atoms with Gasteiger partial charge in [-0.05, 0) is 31.2 Å². The van der Waals surface area contributed by atoms with E-state index in [1.807, 2.05) is 12.1 Å². The molecule has 1 aliphatic rings. The topological polar surface area (TPSA) is 69.7 Å². The quantitative estimate of drug-likeness (QED) is 0.833. The Bertz CT molecular complexity index is 575. The second-order valence-electron chi connectivity index (χ2n) is 5.70. The Hall–Kier alpha value is -2.37. The Labute approximate surface area is 136 Å². The van der Waals surface area contributed by atoms with Gasteiger partial charge in [0.25, 0.3) is 0 Å². The molecule has 1 fully saturated rings. The third kappa shape index (κ3) is 4.81. The first-order valence-corrected chi connectivity index (χ1v) is 7.85. The van der Waals surface area contributed by atoms with Gasteiger partial charge in [0, 0.05) is 57.3 Å². The van der Waals surface area contributed by atoms with E-state index >= 15 is 0 Å². The van der Waals surface area contributed by atoms with Crippen LogP contribution in [0.2, 0.25) is 0 Å². The monoisotopic (exact) mass is 317 g/mol. The number of rotatable bonds is 5. The molecule has 23 heavy (non-hydrogen) atoms. The molecule has 0 bridgehead atoms. The lowest BCUT2D eigenvalue weighted by Crippen LogP contribution is -2.50. The number of ketones is 1. The van der Waals surface area contributed by atoms with Crippen LogP contribution in [-0.4, -0.2) is 60.1 Å². The summed E-state index contributed by atoms with van der Waals surface area (Å²) in [6.45, 7) is 6.07. The predicted octanol–water partition coefficient (Wildman–Crippen LogP) is 1.38. The summed E-state index contributed by atoms with van der Waals surface area (Å²) in [6.07, 6.45) is 0.411. The first kappa shape index (κ1) is 17.0. The average Bonchev–Trinajstić information content (AvgIpc) is 2.55. The van der Waals surface area contributed by atoms with Crippen LogP contribution in [0.1, 0.15) is 30.6 Å². The molecule has 0 spiro atoms. The van der Waals surface area contributed by atoms with Gasteiger partial charge < -0.3 is 15.1 Å². The van der Waals surface area contributed by atoms with Gasteiger partial charge in [0.05, 0.1) is 0 Å². The zero-order chi connectivity index (χ0) is 16.8. The minimum atomic E-state index is 0.0384. The summed E-state index contributed by atoms with van der Waals surface area (Å²) in [6, 6.07) is 7.22. The van der Waals surface area contributed by atoms with Gasteiger partial charge in [-0.1, -0.05) is 0 Å². The van der Waals surface area contributed by atoms with Crippen LogP contribution in [0.15, 0.2) is 24.3 Å². The molecule has 2 rings (SSSR count). The van der Waals surface area contributed by atoms with Crippen LogP contribution in [0, 0.1) is 0 Å². The van der Waals surface area contributed by atoms with E-state index < -0.39 is 0 Å². The minimum absolute atomic E-state index is 0.0384. The maximum Gasteiger partial charge on any atom is 0.224 e. The first-order valence-electron chi connectivity index (χ1n) is 7.85. The van der Waals surface area contributed by atoms with Crippen LogP contribution in [0.25, 0.3) is 0 Å². The molecule has 6 nitrogen and oxygen atoms in total. The summed E-state index contributed by atoms with van der Waals surface area (Å²) in [5.74, 6) is 0.199. The molecule has 0 atom stereocenters. The summed E-state index contributed by atoms with van der Waals surface area (Å²) in [5.41, 5.74) is 1.57. The maximum atomic E-state index is 12.1. The van der Waals surface area contributed by atoms with Crippen molar-refractivity contribution in [3.05, 3.63) is 29.8 Å². The second-order valence-corrected chi connectivity index (χ2v) is 5.70. The molecular weight excluding hydrogens is 294 g/mol. The zero-order valence-corrected chi connectivity index (χ0v) is 13.7. The van der Waals surface area contributed by atoms with E-state index in [0.717, 1.165) is 5.69 Å². The van der Waals surface area contributed by atoms with Crippen LogP contribution in [-0.2, 0) is 9.59 Å². The standard InChI is InChI=1S/C17H23N3O3/c1-13(21)15-3-5-16(6-4-15)18-8-7-17(23)20-11-9-19(10-12-20)14(2)22/h3-6,18H,7-12H2,1-2H3. The summed E-state index contributed by atoms with van der Waals surface area (Å²) < 4.78 is 0. The average molecular weight is 317 g/mol. The van der Waals surface area contributed by atoms with Crippen molar-refractivity contribution in [1.29, 1.82) is 0 Å². The second kappa shape index (κ2) is 7.76. The Morgan fingerprint density at radius 2 is 1.52 bits per heavy atom. The van der Waals surface area contributed by atoms with Crippen molar-refractivity contribution in [2.75, 3.05) is 38.0 Å². The van der Waals surface area contributed by atoms with E-state index in [0.29, 0.717) is 44.7 Å². The van der Waals surface area contributed by atoms with Crippen LogP contribution < -0.4 is 5.32 Å². The Kier molecular flexibility index (Phi) is 5.73.